The predicted molar refractivity (Wildman–Crippen MR) is 68.6 cm³/mol. The van der Waals surface area contributed by atoms with Crippen molar-refractivity contribution >= 4 is 17.4 Å². The summed E-state index contributed by atoms with van der Waals surface area (Å²) in [5.41, 5.74) is 9.75. The Balaban J connectivity index is 2.54. The van der Waals surface area contributed by atoms with E-state index < -0.39 is 0 Å². The number of hydrogen-bond acceptors (Lipinski definition) is 2. The van der Waals surface area contributed by atoms with Gasteiger partial charge in [-0.05, 0) is 43.2 Å². The highest BCUT2D eigenvalue weighted by molar-refractivity contribution is 6.31. The molecule has 3 heteroatoms. The number of aryl methyl sites for hydroxylation is 2. The summed E-state index contributed by atoms with van der Waals surface area (Å²) in [4.78, 5) is 4.24. The van der Waals surface area contributed by atoms with E-state index in [0.29, 0.717) is 5.82 Å². The van der Waals surface area contributed by atoms with Crippen molar-refractivity contribution in [2.75, 3.05) is 5.73 Å². The fourth-order valence-corrected chi connectivity index (χ4v) is 1.83. The van der Waals surface area contributed by atoms with Gasteiger partial charge in [0.25, 0.3) is 0 Å². The Kier molecular flexibility index (Phi) is 2.84. The summed E-state index contributed by atoms with van der Waals surface area (Å²) in [6.45, 7) is 3.93. The second-order valence-corrected chi connectivity index (χ2v) is 4.24. The Hall–Kier alpha value is -1.54. The molecule has 2 N–H and O–H groups in total. The first-order valence-corrected chi connectivity index (χ1v) is 5.45. The van der Waals surface area contributed by atoms with Crippen molar-refractivity contribution in [3.8, 4) is 11.1 Å². The minimum atomic E-state index is 0.541. The highest BCUT2D eigenvalue weighted by atomic mass is 35.5. The van der Waals surface area contributed by atoms with Crippen LogP contribution in [0, 0.1) is 13.8 Å². The van der Waals surface area contributed by atoms with E-state index in [9.17, 15) is 0 Å². The standard InChI is InChI=1S/C13H13ClN2/c1-8-3-4-10(7-12(8)14)11-5-6-13(15)16-9(11)2/h3-7H,1-2H3,(H2,15,16). The highest BCUT2D eigenvalue weighted by Crippen LogP contribution is 2.27. The lowest BCUT2D eigenvalue weighted by Crippen LogP contribution is -1.94. The van der Waals surface area contributed by atoms with Gasteiger partial charge in [-0.3, -0.25) is 0 Å². The van der Waals surface area contributed by atoms with E-state index in [-0.39, 0.29) is 0 Å². The van der Waals surface area contributed by atoms with E-state index >= 15 is 0 Å². The van der Waals surface area contributed by atoms with Crippen LogP contribution in [-0.4, -0.2) is 4.98 Å². The predicted octanol–water partition coefficient (Wildman–Crippen LogP) is 3.60. The van der Waals surface area contributed by atoms with Crippen molar-refractivity contribution in [2.24, 2.45) is 0 Å². The molecular formula is C13H13ClN2. The Morgan fingerprint density at radius 1 is 1.12 bits per heavy atom. The molecule has 0 saturated heterocycles. The zero-order valence-electron chi connectivity index (χ0n) is 9.29. The van der Waals surface area contributed by atoms with Crippen molar-refractivity contribution in [1.82, 2.24) is 4.98 Å². The van der Waals surface area contributed by atoms with E-state index in [1.807, 2.05) is 38.1 Å². The second kappa shape index (κ2) is 4.14. The molecule has 0 aliphatic rings. The van der Waals surface area contributed by atoms with Gasteiger partial charge in [-0.1, -0.05) is 23.7 Å². The number of anilines is 1. The minimum absolute atomic E-state index is 0.541. The molecule has 1 aromatic carbocycles. The Morgan fingerprint density at radius 2 is 1.88 bits per heavy atom. The third-order valence-electron chi connectivity index (χ3n) is 2.59. The molecule has 0 saturated carbocycles. The maximum atomic E-state index is 6.10. The van der Waals surface area contributed by atoms with E-state index in [1.54, 1.807) is 6.07 Å². The molecule has 82 valence electrons. The molecule has 0 spiro atoms. The van der Waals surface area contributed by atoms with Crippen molar-refractivity contribution in [3.63, 3.8) is 0 Å². The number of nitrogens with two attached hydrogens (primary N) is 1. The molecule has 0 fully saturated rings. The van der Waals surface area contributed by atoms with Crippen LogP contribution >= 0.6 is 11.6 Å². The highest BCUT2D eigenvalue weighted by Gasteiger charge is 2.05. The summed E-state index contributed by atoms with van der Waals surface area (Å²) in [7, 11) is 0. The van der Waals surface area contributed by atoms with Crippen LogP contribution in [0.5, 0.6) is 0 Å². The van der Waals surface area contributed by atoms with Gasteiger partial charge in [0.15, 0.2) is 0 Å². The first-order chi connectivity index (χ1) is 7.58. The molecular weight excluding hydrogens is 220 g/mol. The van der Waals surface area contributed by atoms with Crippen LogP contribution in [0.4, 0.5) is 5.82 Å². The number of aromatic nitrogens is 1. The maximum Gasteiger partial charge on any atom is 0.123 e. The number of benzene rings is 1. The molecule has 0 aliphatic heterocycles. The molecule has 0 radical (unpaired) electrons. The Labute approximate surface area is 100 Å². The van der Waals surface area contributed by atoms with Crippen molar-refractivity contribution in [1.29, 1.82) is 0 Å². The van der Waals surface area contributed by atoms with Crippen LogP contribution in [0.25, 0.3) is 11.1 Å². The summed E-state index contributed by atoms with van der Waals surface area (Å²) in [5.74, 6) is 0.541. The summed E-state index contributed by atoms with van der Waals surface area (Å²) >= 11 is 6.10. The summed E-state index contributed by atoms with van der Waals surface area (Å²) in [6, 6.07) is 9.78. The second-order valence-electron chi connectivity index (χ2n) is 3.83. The number of halogens is 1. The zero-order valence-corrected chi connectivity index (χ0v) is 10.0. The fourth-order valence-electron chi connectivity index (χ4n) is 1.65. The van der Waals surface area contributed by atoms with Crippen LogP contribution in [0.2, 0.25) is 5.02 Å². The maximum absolute atomic E-state index is 6.10. The molecule has 1 heterocycles. The van der Waals surface area contributed by atoms with Crippen LogP contribution in [-0.2, 0) is 0 Å². The van der Waals surface area contributed by atoms with Gasteiger partial charge in [0, 0.05) is 16.3 Å². The molecule has 1 aromatic heterocycles. The minimum Gasteiger partial charge on any atom is -0.384 e. The van der Waals surface area contributed by atoms with Gasteiger partial charge < -0.3 is 5.73 Å². The molecule has 0 aliphatic carbocycles. The molecule has 16 heavy (non-hydrogen) atoms. The van der Waals surface area contributed by atoms with Crippen LogP contribution < -0.4 is 5.73 Å². The molecule has 0 unspecified atom stereocenters. The van der Waals surface area contributed by atoms with Crippen LogP contribution in [0.15, 0.2) is 30.3 Å². The van der Waals surface area contributed by atoms with Crippen molar-refractivity contribution in [2.45, 2.75) is 13.8 Å². The third kappa shape index (κ3) is 2.02. The smallest absolute Gasteiger partial charge is 0.123 e. The van der Waals surface area contributed by atoms with E-state index in [4.69, 9.17) is 17.3 Å². The first-order valence-electron chi connectivity index (χ1n) is 5.07. The van der Waals surface area contributed by atoms with Gasteiger partial charge in [-0.25, -0.2) is 4.98 Å². The zero-order chi connectivity index (χ0) is 11.7. The number of hydrogen-bond donors (Lipinski definition) is 1. The number of pyridine rings is 1. The molecule has 0 bridgehead atoms. The van der Waals surface area contributed by atoms with Gasteiger partial charge in [0.1, 0.15) is 5.82 Å². The monoisotopic (exact) mass is 232 g/mol. The normalized spacial score (nSPS) is 10.4. The lowest BCUT2D eigenvalue weighted by molar-refractivity contribution is 1.21. The van der Waals surface area contributed by atoms with E-state index in [2.05, 4.69) is 4.98 Å². The molecule has 0 atom stereocenters. The summed E-state index contributed by atoms with van der Waals surface area (Å²) < 4.78 is 0. The first kappa shape index (κ1) is 11.0. The molecule has 0 amide bonds. The van der Waals surface area contributed by atoms with Gasteiger partial charge >= 0.3 is 0 Å². The molecule has 2 nitrogen and oxygen atoms in total. The average Bonchev–Trinajstić information content (AvgIpc) is 2.22. The van der Waals surface area contributed by atoms with Gasteiger partial charge in [0.2, 0.25) is 0 Å². The molecule has 2 rings (SSSR count). The average molecular weight is 233 g/mol. The Bertz CT molecular complexity index is 535. The van der Waals surface area contributed by atoms with Crippen LogP contribution in [0.1, 0.15) is 11.3 Å². The number of nitrogen functional groups attached to an aromatic ring is 1. The van der Waals surface area contributed by atoms with Crippen molar-refractivity contribution in [3.05, 3.63) is 46.6 Å². The SMILES string of the molecule is Cc1ccc(-c2ccc(N)nc2C)cc1Cl. The van der Waals surface area contributed by atoms with E-state index in [0.717, 1.165) is 27.4 Å². The number of nitrogens with zero attached hydrogens (tertiary/aromatic N) is 1. The number of rotatable bonds is 1. The van der Waals surface area contributed by atoms with Gasteiger partial charge in [0.05, 0.1) is 0 Å². The summed E-state index contributed by atoms with van der Waals surface area (Å²) in [5, 5.41) is 0.772. The lowest BCUT2D eigenvalue weighted by Gasteiger charge is -2.07. The molecule has 2 aromatic rings. The Morgan fingerprint density at radius 3 is 2.50 bits per heavy atom. The van der Waals surface area contributed by atoms with Gasteiger partial charge in [-0.2, -0.15) is 0 Å². The van der Waals surface area contributed by atoms with Gasteiger partial charge in [-0.15, -0.1) is 0 Å². The fraction of sp³-hybridized carbons (Fsp3) is 0.154. The quantitative estimate of drug-likeness (QED) is 0.816. The van der Waals surface area contributed by atoms with E-state index in [1.165, 1.54) is 0 Å². The summed E-state index contributed by atoms with van der Waals surface area (Å²) in [6.07, 6.45) is 0. The van der Waals surface area contributed by atoms with Crippen molar-refractivity contribution < 1.29 is 0 Å². The lowest BCUT2D eigenvalue weighted by atomic mass is 10.0. The van der Waals surface area contributed by atoms with Crippen LogP contribution in [0.3, 0.4) is 0 Å². The third-order valence-corrected chi connectivity index (χ3v) is 3.00. The topological polar surface area (TPSA) is 38.9 Å². The largest absolute Gasteiger partial charge is 0.384 e.